The number of nitrogens with zero attached hydrogens (tertiary/aromatic N) is 2. The summed E-state index contributed by atoms with van der Waals surface area (Å²) >= 11 is 0. The average molecular weight is 388 g/mol. The van der Waals surface area contributed by atoms with E-state index in [0.717, 1.165) is 17.7 Å². The van der Waals surface area contributed by atoms with Crippen LogP contribution < -0.4 is 10.0 Å². The van der Waals surface area contributed by atoms with Gasteiger partial charge in [-0.3, -0.25) is 9.69 Å². The van der Waals surface area contributed by atoms with Crippen molar-refractivity contribution in [1.29, 1.82) is 0 Å². The van der Waals surface area contributed by atoms with Gasteiger partial charge in [0.1, 0.15) is 0 Å². The summed E-state index contributed by atoms with van der Waals surface area (Å²) in [5.41, 5.74) is 4.08. The summed E-state index contributed by atoms with van der Waals surface area (Å²) in [6, 6.07) is 13.1. The van der Waals surface area contributed by atoms with E-state index in [-0.39, 0.29) is 10.8 Å². The second-order valence-electron chi connectivity index (χ2n) is 6.97. The number of sulfonamides is 1. The van der Waals surface area contributed by atoms with Crippen molar-refractivity contribution in [2.24, 2.45) is 5.14 Å². The summed E-state index contributed by atoms with van der Waals surface area (Å²) in [7, 11) is -1.81. The Balaban J connectivity index is 1.65. The molecule has 0 aliphatic carbocycles. The SMILES string of the molecule is CCc1ccc(CN(C)CC(=O)N2CCc3cc(S(N)(=O)=O)ccc32)cc1. The highest BCUT2D eigenvalue weighted by Gasteiger charge is 2.26. The first kappa shape index (κ1) is 19.5. The Morgan fingerprint density at radius 3 is 2.44 bits per heavy atom. The largest absolute Gasteiger partial charge is 0.311 e. The van der Waals surface area contributed by atoms with Crippen LogP contribution in [0.15, 0.2) is 47.4 Å². The van der Waals surface area contributed by atoms with Crippen molar-refractivity contribution in [1.82, 2.24) is 4.90 Å². The molecule has 0 saturated heterocycles. The smallest absolute Gasteiger partial charge is 0.241 e. The molecule has 0 radical (unpaired) electrons. The number of hydrogen-bond acceptors (Lipinski definition) is 4. The molecule has 1 amide bonds. The van der Waals surface area contributed by atoms with Crippen LogP contribution in [0.1, 0.15) is 23.6 Å². The van der Waals surface area contributed by atoms with Crippen LogP contribution in [0.25, 0.3) is 0 Å². The number of likely N-dealkylation sites (N-methyl/N-ethyl adjacent to an activating group) is 1. The van der Waals surface area contributed by atoms with Gasteiger partial charge < -0.3 is 4.90 Å². The van der Waals surface area contributed by atoms with Gasteiger partial charge in [-0.15, -0.1) is 0 Å². The maximum absolute atomic E-state index is 12.7. The minimum Gasteiger partial charge on any atom is -0.311 e. The molecule has 0 saturated carbocycles. The summed E-state index contributed by atoms with van der Waals surface area (Å²) < 4.78 is 23.0. The van der Waals surface area contributed by atoms with Gasteiger partial charge >= 0.3 is 0 Å². The van der Waals surface area contributed by atoms with E-state index >= 15 is 0 Å². The molecule has 0 spiro atoms. The molecular weight excluding hydrogens is 362 g/mol. The minimum atomic E-state index is -3.73. The van der Waals surface area contributed by atoms with E-state index in [0.29, 0.717) is 26.1 Å². The molecule has 2 aromatic rings. The summed E-state index contributed by atoms with van der Waals surface area (Å²) in [4.78, 5) is 16.5. The van der Waals surface area contributed by atoms with Gasteiger partial charge in [-0.2, -0.15) is 0 Å². The van der Waals surface area contributed by atoms with Gasteiger partial charge in [0.15, 0.2) is 0 Å². The van der Waals surface area contributed by atoms with Gasteiger partial charge in [0.2, 0.25) is 15.9 Å². The summed E-state index contributed by atoms with van der Waals surface area (Å²) in [6.07, 6.45) is 1.64. The zero-order valence-electron chi connectivity index (χ0n) is 15.7. The first-order chi connectivity index (χ1) is 12.8. The lowest BCUT2D eigenvalue weighted by Gasteiger charge is -2.22. The molecule has 2 N–H and O–H groups in total. The normalized spacial score (nSPS) is 13.9. The standard InChI is InChI=1S/C20H25N3O3S/c1-3-15-4-6-16(7-5-15)13-22(2)14-20(24)23-11-10-17-12-18(27(21,25)26)8-9-19(17)23/h4-9,12H,3,10-11,13-14H2,1-2H3,(H2,21,25,26). The van der Waals surface area contributed by atoms with Gasteiger partial charge in [0.05, 0.1) is 11.4 Å². The topological polar surface area (TPSA) is 83.7 Å². The Labute approximate surface area is 160 Å². The number of anilines is 1. The number of benzene rings is 2. The Morgan fingerprint density at radius 1 is 1.15 bits per heavy atom. The molecule has 1 heterocycles. The van der Waals surface area contributed by atoms with Gasteiger partial charge in [-0.05, 0) is 54.8 Å². The Morgan fingerprint density at radius 2 is 1.81 bits per heavy atom. The maximum atomic E-state index is 12.7. The highest BCUT2D eigenvalue weighted by Crippen LogP contribution is 2.30. The number of rotatable bonds is 6. The van der Waals surface area contributed by atoms with Gasteiger partial charge in [-0.25, -0.2) is 13.6 Å². The van der Waals surface area contributed by atoms with Crippen LogP contribution in [-0.4, -0.2) is 39.4 Å². The zero-order valence-corrected chi connectivity index (χ0v) is 16.5. The molecule has 0 aromatic heterocycles. The third-order valence-corrected chi connectivity index (χ3v) is 5.78. The number of carbonyl (C=O) groups is 1. The molecule has 0 fully saturated rings. The fourth-order valence-electron chi connectivity index (χ4n) is 3.38. The van der Waals surface area contributed by atoms with E-state index in [1.54, 1.807) is 17.0 Å². The number of nitrogens with two attached hydrogens (primary N) is 1. The first-order valence-corrected chi connectivity index (χ1v) is 10.5. The molecule has 0 bridgehead atoms. The highest BCUT2D eigenvalue weighted by atomic mass is 32.2. The number of hydrogen-bond donors (Lipinski definition) is 1. The van der Waals surface area contributed by atoms with Crippen LogP contribution in [0.3, 0.4) is 0 Å². The van der Waals surface area contributed by atoms with E-state index in [1.807, 2.05) is 11.9 Å². The predicted octanol–water partition coefficient (Wildman–Crippen LogP) is 1.92. The first-order valence-electron chi connectivity index (χ1n) is 9.00. The second kappa shape index (κ2) is 7.80. The van der Waals surface area contributed by atoms with Crippen LogP contribution in [0.4, 0.5) is 5.69 Å². The Hall–Kier alpha value is -2.22. The third kappa shape index (κ3) is 4.55. The van der Waals surface area contributed by atoms with E-state index in [2.05, 4.69) is 31.2 Å². The van der Waals surface area contributed by atoms with Crippen LogP contribution >= 0.6 is 0 Å². The highest BCUT2D eigenvalue weighted by molar-refractivity contribution is 7.89. The van der Waals surface area contributed by atoms with Crippen LogP contribution in [-0.2, 0) is 34.2 Å². The Bertz CT molecular complexity index is 939. The zero-order chi connectivity index (χ0) is 19.6. The molecule has 1 aliphatic heterocycles. The number of carbonyl (C=O) groups excluding carboxylic acids is 1. The molecule has 1 aliphatic rings. The predicted molar refractivity (Wildman–Crippen MR) is 106 cm³/mol. The molecule has 27 heavy (non-hydrogen) atoms. The molecule has 7 heteroatoms. The van der Waals surface area contributed by atoms with E-state index in [9.17, 15) is 13.2 Å². The van der Waals surface area contributed by atoms with Crippen LogP contribution in [0.5, 0.6) is 0 Å². The molecular formula is C20H25N3O3S. The number of fused-ring (bicyclic) bond motifs is 1. The van der Waals surface area contributed by atoms with E-state index < -0.39 is 10.0 Å². The number of amides is 1. The van der Waals surface area contributed by atoms with Crippen molar-refractivity contribution < 1.29 is 13.2 Å². The third-order valence-electron chi connectivity index (χ3n) is 4.86. The molecule has 0 atom stereocenters. The Kier molecular flexibility index (Phi) is 5.64. The lowest BCUT2D eigenvalue weighted by atomic mass is 10.1. The van der Waals surface area contributed by atoms with Crippen molar-refractivity contribution in [3.05, 3.63) is 59.2 Å². The maximum Gasteiger partial charge on any atom is 0.241 e. The van der Waals surface area contributed by atoms with Crippen molar-refractivity contribution in [3.8, 4) is 0 Å². The summed E-state index contributed by atoms with van der Waals surface area (Å²) in [5, 5.41) is 5.19. The van der Waals surface area contributed by atoms with Crippen LogP contribution in [0.2, 0.25) is 0 Å². The van der Waals surface area contributed by atoms with E-state index in [4.69, 9.17) is 5.14 Å². The summed E-state index contributed by atoms with van der Waals surface area (Å²) in [6.45, 7) is 3.67. The van der Waals surface area contributed by atoms with Gasteiger partial charge in [0, 0.05) is 18.8 Å². The monoisotopic (exact) mass is 387 g/mol. The second-order valence-corrected chi connectivity index (χ2v) is 8.53. The quantitative estimate of drug-likeness (QED) is 0.821. The number of aryl methyl sites for hydroxylation is 1. The summed E-state index contributed by atoms with van der Waals surface area (Å²) in [5.74, 6) is 0.00443. The van der Waals surface area contributed by atoms with Crippen molar-refractivity contribution in [3.63, 3.8) is 0 Å². The lowest BCUT2D eigenvalue weighted by molar-refractivity contribution is -0.119. The van der Waals surface area contributed by atoms with Gasteiger partial charge in [0.25, 0.3) is 0 Å². The van der Waals surface area contributed by atoms with Crippen molar-refractivity contribution >= 4 is 21.6 Å². The van der Waals surface area contributed by atoms with Crippen molar-refractivity contribution in [2.75, 3.05) is 25.0 Å². The fourth-order valence-corrected chi connectivity index (χ4v) is 3.94. The van der Waals surface area contributed by atoms with Crippen molar-refractivity contribution in [2.45, 2.75) is 31.2 Å². The molecule has 3 rings (SSSR count). The molecule has 144 valence electrons. The van der Waals surface area contributed by atoms with E-state index in [1.165, 1.54) is 17.2 Å². The van der Waals surface area contributed by atoms with Gasteiger partial charge in [-0.1, -0.05) is 31.2 Å². The minimum absolute atomic E-state index is 0.00443. The van der Waals surface area contributed by atoms with Crippen LogP contribution in [0, 0.1) is 0 Å². The fraction of sp³-hybridized carbons (Fsp3) is 0.350. The average Bonchev–Trinajstić information content (AvgIpc) is 3.05. The molecule has 0 unspecified atom stereocenters. The lowest BCUT2D eigenvalue weighted by Crippen LogP contribution is -2.37. The number of primary sulfonamides is 1. The molecule has 6 nitrogen and oxygen atoms in total. The molecule has 2 aromatic carbocycles.